The Kier molecular flexibility index (Phi) is 6.20. The number of nitrogens with zero attached hydrogens (tertiary/aromatic N) is 4. The molecule has 2 heterocycles. The van der Waals surface area contributed by atoms with E-state index >= 15 is 0 Å². The van der Waals surface area contributed by atoms with E-state index in [0.717, 1.165) is 11.1 Å². The summed E-state index contributed by atoms with van der Waals surface area (Å²) in [6.07, 6.45) is 4.08. The van der Waals surface area contributed by atoms with Gasteiger partial charge in [-0.1, -0.05) is 24.2 Å². The number of hydrogen-bond donors (Lipinski definition) is 2. The Morgan fingerprint density at radius 3 is 2.64 bits per heavy atom. The van der Waals surface area contributed by atoms with Crippen molar-refractivity contribution in [2.24, 2.45) is 0 Å². The number of halogens is 1. The minimum absolute atomic E-state index is 0.0769. The second-order valence-corrected chi connectivity index (χ2v) is 8.16. The van der Waals surface area contributed by atoms with Gasteiger partial charge in [-0.05, 0) is 36.3 Å². The topological polar surface area (TPSA) is 108 Å². The van der Waals surface area contributed by atoms with Gasteiger partial charge in [0.25, 0.3) is 0 Å². The first-order valence-corrected chi connectivity index (χ1v) is 10.9. The highest BCUT2D eigenvalue weighted by atomic mass is 35.5. The summed E-state index contributed by atoms with van der Waals surface area (Å²) < 4.78 is 5.77. The van der Waals surface area contributed by atoms with Crippen molar-refractivity contribution in [3.63, 3.8) is 0 Å². The van der Waals surface area contributed by atoms with Crippen molar-refractivity contribution in [1.29, 1.82) is 5.41 Å². The van der Waals surface area contributed by atoms with E-state index in [1.54, 1.807) is 18.1 Å². The molecule has 3 N–H and O–H groups in total. The van der Waals surface area contributed by atoms with E-state index in [4.69, 9.17) is 27.5 Å². The van der Waals surface area contributed by atoms with Crippen molar-refractivity contribution >= 4 is 46.1 Å². The van der Waals surface area contributed by atoms with Gasteiger partial charge in [0, 0.05) is 49.2 Å². The fraction of sp³-hybridized carbons (Fsp3) is 0.250. The predicted molar refractivity (Wildman–Crippen MR) is 133 cm³/mol. The van der Waals surface area contributed by atoms with Gasteiger partial charge in [-0.2, -0.15) is 0 Å². The van der Waals surface area contributed by atoms with E-state index in [-0.39, 0.29) is 5.91 Å². The molecule has 1 amide bonds. The maximum atomic E-state index is 11.9. The first-order chi connectivity index (χ1) is 15.9. The van der Waals surface area contributed by atoms with Crippen molar-refractivity contribution in [3.8, 4) is 16.9 Å². The van der Waals surface area contributed by atoms with Gasteiger partial charge in [-0.25, -0.2) is 9.97 Å². The number of anilines is 2. The quantitative estimate of drug-likeness (QED) is 0.338. The Morgan fingerprint density at radius 1 is 1.27 bits per heavy atom. The van der Waals surface area contributed by atoms with E-state index in [1.807, 2.05) is 19.1 Å². The third kappa shape index (κ3) is 3.87. The van der Waals surface area contributed by atoms with Gasteiger partial charge in [0.1, 0.15) is 12.1 Å². The lowest BCUT2D eigenvalue weighted by molar-refractivity contribution is -0.126. The first kappa shape index (κ1) is 22.5. The number of aryl methyl sites for hydroxylation is 1. The number of carbonyl (C=O) groups is 1. The van der Waals surface area contributed by atoms with E-state index in [0.29, 0.717) is 70.5 Å². The van der Waals surface area contributed by atoms with Crippen LogP contribution in [0.15, 0.2) is 37.2 Å². The van der Waals surface area contributed by atoms with E-state index < -0.39 is 0 Å². The van der Waals surface area contributed by atoms with Crippen molar-refractivity contribution in [1.82, 2.24) is 14.9 Å². The maximum Gasteiger partial charge on any atom is 0.246 e. The third-order valence-corrected chi connectivity index (χ3v) is 6.35. The molecule has 4 rings (SSSR count). The van der Waals surface area contributed by atoms with Gasteiger partial charge in [-0.15, -0.1) is 0 Å². The summed E-state index contributed by atoms with van der Waals surface area (Å²) in [5.74, 6) is 1.08. The highest BCUT2D eigenvalue weighted by Crippen LogP contribution is 2.45. The Bertz CT molecular complexity index is 1270. The summed E-state index contributed by atoms with van der Waals surface area (Å²) in [6, 6.07) is 5.57. The number of aromatic nitrogens is 2. The Morgan fingerprint density at radius 2 is 2.00 bits per heavy atom. The van der Waals surface area contributed by atoms with E-state index in [2.05, 4.69) is 21.4 Å². The van der Waals surface area contributed by atoms with Crippen molar-refractivity contribution in [2.75, 3.05) is 43.9 Å². The van der Waals surface area contributed by atoms with Crippen LogP contribution in [0.25, 0.3) is 22.0 Å². The molecule has 0 saturated carbocycles. The molecule has 1 fully saturated rings. The zero-order chi connectivity index (χ0) is 23.7. The van der Waals surface area contributed by atoms with Crippen LogP contribution in [0.5, 0.6) is 5.75 Å². The molecular weight excluding hydrogens is 440 g/mol. The number of benzene rings is 2. The molecule has 0 bridgehead atoms. The molecule has 170 valence electrons. The molecule has 2 aromatic carbocycles. The summed E-state index contributed by atoms with van der Waals surface area (Å²) in [7, 11) is 1.56. The van der Waals surface area contributed by atoms with E-state index in [1.165, 1.54) is 18.6 Å². The molecule has 8 nitrogen and oxygen atoms in total. The lowest BCUT2D eigenvalue weighted by Crippen LogP contribution is -2.48. The SMILES string of the molecule is C=CC(=O)N1CCN(c2ncnc3cc(-c4c(C)ccc(N)c4C=N)c(Cl)c(OC)c23)CC1. The number of fused-ring (bicyclic) bond motifs is 1. The lowest BCUT2D eigenvalue weighted by Gasteiger charge is -2.35. The normalized spacial score (nSPS) is 13.8. The van der Waals surface area contributed by atoms with Crippen LogP contribution in [-0.4, -0.2) is 60.3 Å². The fourth-order valence-corrected chi connectivity index (χ4v) is 4.61. The largest absolute Gasteiger partial charge is 0.494 e. The number of nitrogens with one attached hydrogen (secondary N) is 1. The number of ether oxygens (including phenoxy) is 1. The number of amides is 1. The van der Waals surface area contributed by atoms with Crippen molar-refractivity contribution < 1.29 is 9.53 Å². The van der Waals surface area contributed by atoms with Gasteiger partial charge in [0.15, 0.2) is 5.75 Å². The van der Waals surface area contributed by atoms with Gasteiger partial charge in [0.2, 0.25) is 5.91 Å². The zero-order valence-corrected chi connectivity index (χ0v) is 19.3. The van der Waals surface area contributed by atoms with E-state index in [9.17, 15) is 4.79 Å². The summed E-state index contributed by atoms with van der Waals surface area (Å²) in [6.45, 7) is 7.87. The van der Waals surface area contributed by atoms with Crippen LogP contribution in [0.2, 0.25) is 5.02 Å². The van der Waals surface area contributed by atoms with Gasteiger partial charge in [-0.3, -0.25) is 4.79 Å². The molecule has 0 radical (unpaired) electrons. The lowest BCUT2D eigenvalue weighted by atomic mass is 9.93. The standard InChI is InChI=1S/C24H25ClN6O2/c1-4-19(32)30-7-9-31(10-8-30)24-21-18(28-13-29-24)11-15(22(25)23(21)33-3)20-14(2)5-6-17(27)16(20)12-26/h4-6,11-13,26H,1,7-10,27H2,2-3H3. The summed E-state index contributed by atoms with van der Waals surface area (Å²) in [5, 5.41) is 8.99. The Labute approximate surface area is 197 Å². The van der Waals surface area contributed by atoms with Crippen molar-refractivity contribution in [3.05, 3.63) is 53.3 Å². The van der Waals surface area contributed by atoms with Gasteiger partial charge >= 0.3 is 0 Å². The molecule has 0 spiro atoms. The number of carbonyl (C=O) groups excluding carboxylic acids is 1. The highest BCUT2D eigenvalue weighted by Gasteiger charge is 2.26. The molecule has 9 heteroatoms. The van der Waals surface area contributed by atoms with Crippen LogP contribution in [0.3, 0.4) is 0 Å². The Hall–Kier alpha value is -3.65. The molecule has 3 aromatic rings. The number of rotatable bonds is 5. The van der Waals surface area contributed by atoms with Crippen LogP contribution >= 0.6 is 11.6 Å². The average Bonchev–Trinajstić information content (AvgIpc) is 2.84. The number of nitrogen functional groups attached to an aromatic ring is 1. The summed E-state index contributed by atoms with van der Waals surface area (Å²) in [4.78, 5) is 24.8. The number of methoxy groups -OCH3 is 1. The van der Waals surface area contributed by atoms with Crippen LogP contribution in [0, 0.1) is 12.3 Å². The molecule has 1 aliphatic rings. The molecule has 1 aliphatic heterocycles. The second kappa shape index (κ2) is 9.07. The molecular formula is C24H25ClN6O2. The molecule has 1 aromatic heterocycles. The number of hydrogen-bond acceptors (Lipinski definition) is 7. The van der Waals surface area contributed by atoms with Gasteiger partial charge in [0.05, 0.1) is 23.0 Å². The summed E-state index contributed by atoms with van der Waals surface area (Å²) in [5.41, 5.74) is 10.3. The third-order valence-electron chi connectivity index (χ3n) is 5.97. The molecule has 0 unspecified atom stereocenters. The Balaban J connectivity index is 1.87. The minimum atomic E-state index is -0.0769. The van der Waals surface area contributed by atoms with Crippen molar-refractivity contribution in [2.45, 2.75) is 6.92 Å². The molecule has 33 heavy (non-hydrogen) atoms. The average molecular weight is 465 g/mol. The van der Waals surface area contributed by atoms with Crippen LogP contribution < -0.4 is 15.4 Å². The monoisotopic (exact) mass is 464 g/mol. The molecule has 0 aliphatic carbocycles. The van der Waals surface area contributed by atoms with Crippen LogP contribution in [0.1, 0.15) is 11.1 Å². The predicted octanol–water partition coefficient (Wildman–Crippen LogP) is 3.68. The number of piperazine rings is 1. The smallest absolute Gasteiger partial charge is 0.246 e. The first-order valence-electron chi connectivity index (χ1n) is 10.5. The van der Waals surface area contributed by atoms with Crippen LogP contribution in [-0.2, 0) is 4.79 Å². The van der Waals surface area contributed by atoms with Crippen LogP contribution in [0.4, 0.5) is 11.5 Å². The zero-order valence-electron chi connectivity index (χ0n) is 18.6. The molecule has 0 atom stereocenters. The number of nitrogens with two attached hydrogens (primary N) is 1. The highest BCUT2D eigenvalue weighted by molar-refractivity contribution is 6.36. The molecule has 1 saturated heterocycles. The fourth-order valence-electron chi connectivity index (χ4n) is 4.29. The van der Waals surface area contributed by atoms with Gasteiger partial charge < -0.3 is 25.7 Å². The summed E-state index contributed by atoms with van der Waals surface area (Å²) >= 11 is 6.89. The minimum Gasteiger partial charge on any atom is -0.494 e. The maximum absolute atomic E-state index is 11.9. The second-order valence-electron chi connectivity index (χ2n) is 7.78.